The maximum absolute atomic E-state index is 13.0. The van der Waals surface area contributed by atoms with Gasteiger partial charge in [0.15, 0.2) is 18.1 Å². The van der Waals surface area contributed by atoms with Crippen molar-refractivity contribution in [1.82, 2.24) is 4.90 Å². The van der Waals surface area contributed by atoms with Crippen molar-refractivity contribution in [2.24, 2.45) is 0 Å². The minimum Gasteiger partial charge on any atom is -0.493 e. The molecule has 0 radical (unpaired) electrons. The number of carbonyl (C=O) groups excluding carboxylic acids is 2. The third kappa shape index (κ3) is 4.90. The number of ether oxygens (including phenoxy) is 4. The number of benzene rings is 2. The Morgan fingerprint density at radius 1 is 1.12 bits per heavy atom. The van der Waals surface area contributed by atoms with Crippen LogP contribution in [0.1, 0.15) is 23.6 Å². The number of fused-ring (bicyclic) bond motifs is 1. The van der Waals surface area contributed by atoms with Crippen molar-refractivity contribution in [1.29, 1.82) is 0 Å². The molecule has 1 atom stereocenters. The third-order valence-electron chi connectivity index (χ3n) is 5.30. The molecule has 2 aromatic carbocycles. The van der Waals surface area contributed by atoms with Gasteiger partial charge in [-0.15, -0.1) is 0 Å². The summed E-state index contributed by atoms with van der Waals surface area (Å²) in [6, 6.07) is 8.64. The van der Waals surface area contributed by atoms with E-state index in [1.54, 1.807) is 18.1 Å². The topological polar surface area (TPSA) is 117 Å². The highest BCUT2D eigenvalue weighted by atomic mass is 16.6. The molecule has 2 aromatic rings. The Labute approximate surface area is 184 Å². The highest BCUT2D eigenvalue weighted by Crippen LogP contribution is 2.39. The van der Waals surface area contributed by atoms with Gasteiger partial charge in [0.05, 0.1) is 44.8 Å². The molecule has 170 valence electrons. The SMILES string of the molecule is COC(=O)CC1c2cc(OC)c(OC)cc2CCN1C(=O)COc1cccc([N+](=O)[O-])c1. The summed E-state index contributed by atoms with van der Waals surface area (Å²) in [5.41, 5.74) is 1.58. The van der Waals surface area contributed by atoms with E-state index in [0.29, 0.717) is 24.5 Å². The number of carbonyl (C=O) groups is 2. The van der Waals surface area contributed by atoms with Gasteiger partial charge in [-0.05, 0) is 35.7 Å². The molecule has 0 saturated heterocycles. The summed E-state index contributed by atoms with van der Waals surface area (Å²) >= 11 is 0. The Balaban J connectivity index is 1.84. The first kappa shape index (κ1) is 22.9. The van der Waals surface area contributed by atoms with E-state index in [9.17, 15) is 19.7 Å². The van der Waals surface area contributed by atoms with Gasteiger partial charge in [0.1, 0.15) is 5.75 Å². The maximum Gasteiger partial charge on any atom is 0.307 e. The highest BCUT2D eigenvalue weighted by molar-refractivity contribution is 5.80. The van der Waals surface area contributed by atoms with Gasteiger partial charge in [-0.3, -0.25) is 19.7 Å². The molecule has 1 amide bonds. The fraction of sp³-hybridized carbons (Fsp3) is 0.364. The van der Waals surface area contributed by atoms with Gasteiger partial charge in [-0.25, -0.2) is 0 Å². The molecule has 10 heteroatoms. The standard InChI is InChI=1S/C22H24N2O8/c1-29-19-9-14-7-8-23(18(12-22(26)31-3)17(14)11-20(19)30-2)21(25)13-32-16-6-4-5-15(10-16)24(27)28/h4-6,9-11,18H,7-8,12-13H2,1-3H3. The Hall–Kier alpha value is -3.82. The molecule has 0 spiro atoms. The second-order valence-corrected chi connectivity index (χ2v) is 7.08. The van der Waals surface area contributed by atoms with E-state index in [1.807, 2.05) is 6.07 Å². The molecule has 32 heavy (non-hydrogen) atoms. The first-order chi connectivity index (χ1) is 15.4. The zero-order chi connectivity index (χ0) is 23.3. The lowest BCUT2D eigenvalue weighted by Crippen LogP contribution is -2.43. The molecule has 0 N–H and O–H groups in total. The molecule has 0 aromatic heterocycles. The molecule has 0 aliphatic carbocycles. The van der Waals surface area contributed by atoms with Crippen LogP contribution in [-0.4, -0.2) is 56.2 Å². The van der Waals surface area contributed by atoms with Gasteiger partial charge in [-0.2, -0.15) is 0 Å². The van der Waals surface area contributed by atoms with E-state index in [1.165, 1.54) is 38.5 Å². The average molecular weight is 444 g/mol. The molecule has 10 nitrogen and oxygen atoms in total. The zero-order valence-electron chi connectivity index (χ0n) is 18.0. The number of amides is 1. The van der Waals surface area contributed by atoms with E-state index in [4.69, 9.17) is 18.9 Å². The van der Waals surface area contributed by atoms with Crippen molar-refractivity contribution in [3.05, 3.63) is 57.6 Å². The fourth-order valence-corrected chi connectivity index (χ4v) is 3.70. The Bertz CT molecular complexity index is 1020. The van der Waals surface area contributed by atoms with Gasteiger partial charge in [-0.1, -0.05) is 6.07 Å². The van der Waals surface area contributed by atoms with E-state index in [2.05, 4.69) is 0 Å². The molecule has 0 saturated carbocycles. The quantitative estimate of drug-likeness (QED) is 0.347. The Morgan fingerprint density at radius 2 is 1.84 bits per heavy atom. The summed E-state index contributed by atoms with van der Waals surface area (Å²) in [6.07, 6.45) is 0.511. The van der Waals surface area contributed by atoms with Crippen molar-refractivity contribution in [3.8, 4) is 17.2 Å². The first-order valence-corrected chi connectivity index (χ1v) is 9.86. The smallest absolute Gasteiger partial charge is 0.307 e. The van der Waals surface area contributed by atoms with Crippen LogP contribution in [0, 0.1) is 10.1 Å². The van der Waals surface area contributed by atoms with Gasteiger partial charge in [0.25, 0.3) is 11.6 Å². The van der Waals surface area contributed by atoms with Gasteiger partial charge in [0, 0.05) is 12.6 Å². The van der Waals surface area contributed by atoms with Crippen molar-refractivity contribution in [3.63, 3.8) is 0 Å². The number of non-ortho nitro benzene ring substituents is 1. The normalized spacial score (nSPS) is 14.8. The van der Waals surface area contributed by atoms with Gasteiger partial charge >= 0.3 is 5.97 Å². The highest BCUT2D eigenvalue weighted by Gasteiger charge is 2.34. The second-order valence-electron chi connectivity index (χ2n) is 7.08. The summed E-state index contributed by atoms with van der Waals surface area (Å²) in [4.78, 5) is 37.1. The number of esters is 1. The van der Waals surface area contributed by atoms with Crippen LogP contribution in [0.25, 0.3) is 0 Å². The number of nitrogens with zero attached hydrogens (tertiary/aromatic N) is 2. The van der Waals surface area contributed by atoms with E-state index >= 15 is 0 Å². The monoisotopic (exact) mass is 444 g/mol. The Morgan fingerprint density at radius 3 is 2.50 bits per heavy atom. The van der Waals surface area contributed by atoms with Crippen LogP contribution in [0.3, 0.4) is 0 Å². The summed E-state index contributed by atoms with van der Waals surface area (Å²) in [5.74, 6) is 0.446. The lowest BCUT2D eigenvalue weighted by molar-refractivity contribution is -0.384. The summed E-state index contributed by atoms with van der Waals surface area (Å²) in [6.45, 7) is 0.0305. The summed E-state index contributed by atoms with van der Waals surface area (Å²) in [7, 11) is 4.34. The minimum absolute atomic E-state index is 0.0401. The second kappa shape index (κ2) is 9.99. The molecule has 0 fully saturated rings. The third-order valence-corrected chi connectivity index (χ3v) is 5.30. The lowest BCUT2D eigenvalue weighted by Gasteiger charge is -2.37. The summed E-state index contributed by atoms with van der Waals surface area (Å²) in [5, 5.41) is 10.9. The number of hydrogen-bond acceptors (Lipinski definition) is 8. The number of hydrogen-bond donors (Lipinski definition) is 0. The zero-order valence-corrected chi connectivity index (χ0v) is 18.0. The number of rotatable bonds is 8. The van der Waals surface area contributed by atoms with Crippen molar-refractivity contribution in [2.45, 2.75) is 18.9 Å². The molecule has 0 bridgehead atoms. The van der Waals surface area contributed by atoms with Crippen molar-refractivity contribution >= 4 is 17.6 Å². The van der Waals surface area contributed by atoms with Crippen molar-refractivity contribution in [2.75, 3.05) is 34.5 Å². The largest absolute Gasteiger partial charge is 0.493 e. The van der Waals surface area contributed by atoms with Crippen LogP contribution >= 0.6 is 0 Å². The molecular weight excluding hydrogens is 420 g/mol. The molecule has 1 unspecified atom stereocenters. The molecule has 1 heterocycles. The number of methoxy groups -OCH3 is 3. The Kier molecular flexibility index (Phi) is 7.14. The van der Waals surface area contributed by atoms with E-state index in [0.717, 1.165) is 11.1 Å². The number of nitro benzene ring substituents is 1. The van der Waals surface area contributed by atoms with Gasteiger partial charge < -0.3 is 23.8 Å². The first-order valence-electron chi connectivity index (χ1n) is 9.86. The number of nitro groups is 1. The molecular formula is C22H24N2O8. The molecule has 1 aliphatic heterocycles. The summed E-state index contributed by atoms with van der Waals surface area (Å²) < 4.78 is 21.1. The predicted molar refractivity (Wildman–Crippen MR) is 113 cm³/mol. The van der Waals surface area contributed by atoms with Crippen LogP contribution in [0.2, 0.25) is 0 Å². The van der Waals surface area contributed by atoms with Crippen LogP contribution in [0.5, 0.6) is 17.2 Å². The predicted octanol–water partition coefficient (Wildman–Crippen LogP) is 2.68. The fourth-order valence-electron chi connectivity index (χ4n) is 3.70. The molecule has 1 aliphatic rings. The minimum atomic E-state index is -0.577. The molecule has 3 rings (SSSR count). The van der Waals surface area contributed by atoms with Crippen molar-refractivity contribution < 1.29 is 33.5 Å². The average Bonchev–Trinajstić information content (AvgIpc) is 2.81. The van der Waals surface area contributed by atoms with E-state index in [-0.39, 0.29) is 30.4 Å². The lowest BCUT2D eigenvalue weighted by atomic mass is 9.90. The van der Waals surface area contributed by atoms with Crippen LogP contribution in [0.15, 0.2) is 36.4 Å². The van der Waals surface area contributed by atoms with Crippen LogP contribution < -0.4 is 14.2 Å². The van der Waals surface area contributed by atoms with Crippen LogP contribution in [0.4, 0.5) is 5.69 Å². The van der Waals surface area contributed by atoms with E-state index < -0.39 is 16.9 Å². The van der Waals surface area contributed by atoms with Crippen LogP contribution in [-0.2, 0) is 20.7 Å². The maximum atomic E-state index is 13.0. The van der Waals surface area contributed by atoms with Gasteiger partial charge in [0.2, 0.25) is 0 Å².